The number of likely N-dealkylation sites (tertiary alicyclic amines) is 1. The highest BCUT2D eigenvalue weighted by molar-refractivity contribution is 5.24. The molecule has 1 unspecified atom stereocenters. The van der Waals surface area contributed by atoms with Crippen molar-refractivity contribution in [2.75, 3.05) is 6.54 Å². The molecule has 1 fully saturated rings. The third-order valence-corrected chi connectivity index (χ3v) is 4.09. The second kappa shape index (κ2) is 5.76. The molecule has 0 bridgehead atoms. The molecule has 0 saturated carbocycles. The maximum Gasteiger partial charge on any atom is 0.123 e. The summed E-state index contributed by atoms with van der Waals surface area (Å²) in [4.78, 5) is 2.50. The Labute approximate surface area is 120 Å². The molecule has 104 valence electrons. The van der Waals surface area contributed by atoms with Gasteiger partial charge in [-0.1, -0.05) is 42.0 Å². The van der Waals surface area contributed by atoms with Crippen molar-refractivity contribution in [2.24, 2.45) is 0 Å². The van der Waals surface area contributed by atoms with Gasteiger partial charge in [0.2, 0.25) is 0 Å². The normalized spacial score (nSPS) is 19.4. The zero-order valence-electron chi connectivity index (χ0n) is 11.8. The molecule has 2 aromatic rings. The van der Waals surface area contributed by atoms with Gasteiger partial charge in [-0.05, 0) is 49.6 Å². The van der Waals surface area contributed by atoms with Crippen molar-refractivity contribution >= 4 is 0 Å². The first kappa shape index (κ1) is 13.3. The first-order valence-corrected chi connectivity index (χ1v) is 7.27. The summed E-state index contributed by atoms with van der Waals surface area (Å²) in [7, 11) is 0. The summed E-state index contributed by atoms with van der Waals surface area (Å²) in [5.74, 6) is -0.156. The van der Waals surface area contributed by atoms with E-state index in [9.17, 15) is 4.39 Å². The van der Waals surface area contributed by atoms with Crippen LogP contribution in [0, 0.1) is 12.7 Å². The molecule has 3 rings (SSSR count). The fourth-order valence-corrected chi connectivity index (χ4v) is 3.12. The Morgan fingerprint density at radius 1 is 1.15 bits per heavy atom. The average Bonchev–Trinajstić information content (AvgIpc) is 2.88. The van der Waals surface area contributed by atoms with Crippen LogP contribution in [0.25, 0.3) is 0 Å². The highest BCUT2D eigenvalue weighted by atomic mass is 19.1. The summed E-state index contributed by atoms with van der Waals surface area (Å²) in [6.07, 6.45) is 2.38. The predicted octanol–water partition coefficient (Wildman–Crippen LogP) is 4.47. The van der Waals surface area contributed by atoms with Crippen LogP contribution in [-0.4, -0.2) is 11.4 Å². The van der Waals surface area contributed by atoms with Crippen LogP contribution in [0.4, 0.5) is 4.39 Å². The van der Waals surface area contributed by atoms with Gasteiger partial charge in [0.15, 0.2) is 0 Å². The van der Waals surface area contributed by atoms with E-state index in [4.69, 9.17) is 0 Å². The van der Waals surface area contributed by atoms with Crippen molar-refractivity contribution in [2.45, 2.75) is 32.4 Å². The second-order valence-electron chi connectivity index (χ2n) is 5.67. The zero-order valence-corrected chi connectivity index (χ0v) is 11.8. The number of halogens is 1. The van der Waals surface area contributed by atoms with Gasteiger partial charge in [-0.2, -0.15) is 0 Å². The van der Waals surface area contributed by atoms with Crippen LogP contribution in [0.1, 0.15) is 35.6 Å². The summed E-state index contributed by atoms with van der Waals surface area (Å²) in [5, 5.41) is 0. The minimum absolute atomic E-state index is 0.156. The molecule has 0 aromatic heterocycles. The molecule has 1 heterocycles. The second-order valence-corrected chi connectivity index (χ2v) is 5.67. The Balaban J connectivity index is 1.77. The molecule has 1 nitrogen and oxygen atoms in total. The lowest BCUT2D eigenvalue weighted by Gasteiger charge is -2.25. The lowest BCUT2D eigenvalue weighted by Crippen LogP contribution is -2.22. The molecule has 2 aromatic carbocycles. The van der Waals surface area contributed by atoms with Crippen molar-refractivity contribution in [1.82, 2.24) is 4.90 Å². The van der Waals surface area contributed by atoms with Gasteiger partial charge in [0.25, 0.3) is 0 Å². The van der Waals surface area contributed by atoms with E-state index < -0.39 is 0 Å². The molecule has 1 aliphatic heterocycles. The number of hydrogen-bond donors (Lipinski definition) is 0. The van der Waals surface area contributed by atoms with E-state index >= 15 is 0 Å². The van der Waals surface area contributed by atoms with Crippen LogP contribution in [0.3, 0.4) is 0 Å². The van der Waals surface area contributed by atoms with Crippen molar-refractivity contribution in [3.05, 3.63) is 71.0 Å². The largest absolute Gasteiger partial charge is 0.292 e. The SMILES string of the molecule is Cc1cccc(CN2CCCC2c2ccc(F)cc2)c1. The fourth-order valence-electron chi connectivity index (χ4n) is 3.12. The third kappa shape index (κ3) is 2.91. The molecule has 20 heavy (non-hydrogen) atoms. The van der Waals surface area contributed by atoms with Gasteiger partial charge in [0, 0.05) is 12.6 Å². The van der Waals surface area contributed by atoms with E-state index in [0.29, 0.717) is 6.04 Å². The fraction of sp³-hybridized carbons (Fsp3) is 0.333. The van der Waals surface area contributed by atoms with Crippen molar-refractivity contribution < 1.29 is 4.39 Å². The van der Waals surface area contributed by atoms with Gasteiger partial charge in [-0.3, -0.25) is 4.90 Å². The number of rotatable bonds is 3. The molecule has 1 aliphatic rings. The third-order valence-electron chi connectivity index (χ3n) is 4.09. The van der Waals surface area contributed by atoms with Gasteiger partial charge in [0.05, 0.1) is 0 Å². The van der Waals surface area contributed by atoms with Crippen LogP contribution in [0.5, 0.6) is 0 Å². The average molecular weight is 269 g/mol. The number of benzene rings is 2. The molecular formula is C18H20FN. The zero-order chi connectivity index (χ0) is 13.9. The molecule has 0 amide bonds. The lowest BCUT2D eigenvalue weighted by atomic mass is 10.0. The quantitative estimate of drug-likeness (QED) is 0.794. The number of aryl methyl sites for hydroxylation is 1. The predicted molar refractivity (Wildman–Crippen MR) is 80.0 cm³/mol. The van der Waals surface area contributed by atoms with Gasteiger partial charge < -0.3 is 0 Å². The monoisotopic (exact) mass is 269 g/mol. The van der Waals surface area contributed by atoms with E-state index in [1.54, 1.807) is 12.1 Å². The van der Waals surface area contributed by atoms with Crippen LogP contribution in [-0.2, 0) is 6.54 Å². The molecular weight excluding hydrogens is 249 g/mol. The van der Waals surface area contributed by atoms with Crippen LogP contribution >= 0.6 is 0 Å². The molecule has 1 saturated heterocycles. The Morgan fingerprint density at radius 3 is 2.70 bits per heavy atom. The summed E-state index contributed by atoms with van der Waals surface area (Å²) in [5.41, 5.74) is 3.90. The van der Waals surface area contributed by atoms with Crippen molar-refractivity contribution in [3.63, 3.8) is 0 Å². The van der Waals surface area contributed by atoms with E-state index in [1.807, 2.05) is 12.1 Å². The van der Waals surface area contributed by atoms with E-state index in [2.05, 4.69) is 36.1 Å². The molecule has 0 spiro atoms. The lowest BCUT2D eigenvalue weighted by molar-refractivity contribution is 0.248. The standard InChI is InChI=1S/C18H20FN/c1-14-4-2-5-15(12-14)13-20-11-3-6-18(20)16-7-9-17(19)10-8-16/h2,4-5,7-10,12,18H,3,6,11,13H2,1H3. The Kier molecular flexibility index (Phi) is 3.83. The van der Waals surface area contributed by atoms with E-state index in [-0.39, 0.29) is 5.82 Å². The number of nitrogens with zero attached hydrogens (tertiary/aromatic N) is 1. The smallest absolute Gasteiger partial charge is 0.123 e. The first-order chi connectivity index (χ1) is 9.72. The molecule has 0 aliphatic carbocycles. The molecule has 2 heteroatoms. The van der Waals surface area contributed by atoms with Crippen LogP contribution in [0.15, 0.2) is 48.5 Å². The van der Waals surface area contributed by atoms with Crippen LogP contribution < -0.4 is 0 Å². The van der Waals surface area contributed by atoms with Gasteiger partial charge in [-0.15, -0.1) is 0 Å². The minimum atomic E-state index is -0.156. The van der Waals surface area contributed by atoms with Crippen molar-refractivity contribution in [3.8, 4) is 0 Å². The minimum Gasteiger partial charge on any atom is -0.292 e. The van der Waals surface area contributed by atoms with Gasteiger partial charge in [-0.25, -0.2) is 4.39 Å². The van der Waals surface area contributed by atoms with E-state index in [0.717, 1.165) is 19.5 Å². The molecule has 1 atom stereocenters. The van der Waals surface area contributed by atoms with Gasteiger partial charge >= 0.3 is 0 Å². The Morgan fingerprint density at radius 2 is 1.95 bits per heavy atom. The first-order valence-electron chi connectivity index (χ1n) is 7.27. The summed E-state index contributed by atoms with van der Waals surface area (Å²) < 4.78 is 13.0. The topological polar surface area (TPSA) is 3.24 Å². The summed E-state index contributed by atoms with van der Waals surface area (Å²) in [6.45, 7) is 4.23. The van der Waals surface area contributed by atoms with Crippen molar-refractivity contribution in [1.29, 1.82) is 0 Å². The highest BCUT2D eigenvalue weighted by Gasteiger charge is 2.25. The van der Waals surface area contributed by atoms with E-state index in [1.165, 1.54) is 23.1 Å². The highest BCUT2D eigenvalue weighted by Crippen LogP contribution is 2.33. The molecule has 0 N–H and O–H groups in total. The Bertz CT molecular complexity index is 576. The van der Waals surface area contributed by atoms with Gasteiger partial charge in [0.1, 0.15) is 5.82 Å². The summed E-state index contributed by atoms with van der Waals surface area (Å²) >= 11 is 0. The molecule has 0 radical (unpaired) electrons. The number of hydrogen-bond acceptors (Lipinski definition) is 1. The van der Waals surface area contributed by atoms with Crippen LogP contribution in [0.2, 0.25) is 0 Å². The maximum atomic E-state index is 13.0. The Hall–Kier alpha value is -1.67. The maximum absolute atomic E-state index is 13.0. The summed E-state index contributed by atoms with van der Waals surface area (Å²) in [6, 6.07) is 16.1.